The summed E-state index contributed by atoms with van der Waals surface area (Å²) in [6.07, 6.45) is 5.71. The lowest BCUT2D eigenvalue weighted by Gasteiger charge is -2.01. The van der Waals surface area contributed by atoms with Crippen molar-refractivity contribution in [2.45, 2.75) is 12.1 Å². The van der Waals surface area contributed by atoms with Crippen LogP contribution in [0.2, 0.25) is 0 Å². The quantitative estimate of drug-likeness (QED) is 0.546. The van der Waals surface area contributed by atoms with Crippen LogP contribution in [0.1, 0.15) is 5.56 Å². The van der Waals surface area contributed by atoms with E-state index in [0.29, 0.717) is 0 Å². The highest BCUT2D eigenvalue weighted by Crippen LogP contribution is 2.22. The first kappa shape index (κ1) is 12.9. The van der Waals surface area contributed by atoms with Crippen molar-refractivity contribution in [2.75, 3.05) is 6.26 Å². The summed E-state index contributed by atoms with van der Waals surface area (Å²) in [7, 11) is 0. The Labute approximate surface area is 121 Å². The molecule has 0 radical (unpaired) electrons. The largest absolute Gasteiger partial charge is 0.231 e. The number of hydrogen-bond acceptors (Lipinski definition) is 4. The number of aryl methyl sites for hydroxylation is 1. The molecule has 4 nitrogen and oxygen atoms in total. The Kier molecular flexibility index (Phi) is 3.52. The third-order valence-corrected chi connectivity index (χ3v) is 3.54. The average Bonchev–Trinajstić information content (AvgIpc) is 2.90. The molecule has 0 atom stereocenters. The zero-order valence-corrected chi connectivity index (χ0v) is 12.1. The summed E-state index contributed by atoms with van der Waals surface area (Å²) < 4.78 is 1.80. The third kappa shape index (κ3) is 2.44. The first-order valence-electron chi connectivity index (χ1n) is 6.27. The summed E-state index contributed by atoms with van der Waals surface area (Å²) in [4.78, 5) is 8.64. The maximum Gasteiger partial charge on any atom is 0.189 e. The summed E-state index contributed by atoms with van der Waals surface area (Å²) in [6, 6.07) is 12.0. The van der Waals surface area contributed by atoms with Crippen molar-refractivity contribution in [1.82, 2.24) is 19.7 Å². The zero-order valence-electron chi connectivity index (χ0n) is 11.3. The second-order valence-corrected chi connectivity index (χ2v) is 5.15. The smallest absolute Gasteiger partial charge is 0.189 e. The normalized spacial score (nSPS) is 10.7. The van der Waals surface area contributed by atoms with Crippen LogP contribution in [0.5, 0.6) is 0 Å². The molecule has 2 heterocycles. The molecule has 0 spiro atoms. The summed E-state index contributed by atoms with van der Waals surface area (Å²) in [5.41, 5.74) is 3.22. The predicted molar refractivity (Wildman–Crippen MR) is 81.1 cm³/mol. The highest BCUT2D eigenvalue weighted by molar-refractivity contribution is 7.98. The predicted octanol–water partition coefficient (Wildman–Crippen LogP) is 3.36. The second-order valence-electron chi connectivity index (χ2n) is 4.37. The van der Waals surface area contributed by atoms with Crippen LogP contribution in [0.25, 0.3) is 17.1 Å². The van der Waals surface area contributed by atoms with Crippen LogP contribution in [0.4, 0.5) is 0 Å². The van der Waals surface area contributed by atoms with Crippen LogP contribution < -0.4 is 0 Å². The highest BCUT2D eigenvalue weighted by Gasteiger charge is 2.09. The minimum Gasteiger partial charge on any atom is -0.231 e. The Morgan fingerprint density at radius 1 is 1.10 bits per heavy atom. The topological polar surface area (TPSA) is 43.6 Å². The number of thioether (sulfide) groups is 1. The lowest BCUT2D eigenvalue weighted by molar-refractivity contribution is 0.809. The van der Waals surface area contributed by atoms with Crippen LogP contribution in [0.3, 0.4) is 0 Å². The van der Waals surface area contributed by atoms with E-state index in [0.717, 1.165) is 27.8 Å². The van der Waals surface area contributed by atoms with Crippen molar-refractivity contribution in [3.63, 3.8) is 0 Å². The van der Waals surface area contributed by atoms with Gasteiger partial charge < -0.3 is 0 Å². The van der Waals surface area contributed by atoms with Crippen molar-refractivity contribution in [2.24, 2.45) is 0 Å². The number of nitrogens with zero attached hydrogens (tertiary/aromatic N) is 4. The van der Waals surface area contributed by atoms with E-state index in [1.165, 1.54) is 11.8 Å². The minimum atomic E-state index is 0.747. The molecule has 1 aromatic carbocycles. The van der Waals surface area contributed by atoms with E-state index in [4.69, 9.17) is 0 Å². The molecule has 0 amide bonds. The van der Waals surface area contributed by atoms with Gasteiger partial charge in [-0.3, -0.25) is 0 Å². The molecule has 5 heteroatoms. The molecule has 0 saturated carbocycles. The summed E-state index contributed by atoms with van der Waals surface area (Å²) >= 11 is 1.52. The summed E-state index contributed by atoms with van der Waals surface area (Å²) in [5, 5.41) is 5.39. The van der Waals surface area contributed by atoms with Crippen molar-refractivity contribution in [1.29, 1.82) is 0 Å². The average molecular weight is 282 g/mol. The minimum absolute atomic E-state index is 0.747. The van der Waals surface area contributed by atoms with Crippen LogP contribution in [0, 0.1) is 6.92 Å². The molecule has 0 fully saturated rings. The third-order valence-electron chi connectivity index (χ3n) is 2.98. The number of rotatable bonds is 3. The molecule has 0 unspecified atom stereocenters. The molecule has 20 heavy (non-hydrogen) atoms. The Hall–Kier alpha value is -2.14. The van der Waals surface area contributed by atoms with Crippen molar-refractivity contribution in [3.8, 4) is 17.1 Å². The van der Waals surface area contributed by atoms with Gasteiger partial charge >= 0.3 is 0 Å². The van der Waals surface area contributed by atoms with Gasteiger partial charge in [-0.25, -0.2) is 14.6 Å². The maximum atomic E-state index is 4.64. The van der Waals surface area contributed by atoms with Gasteiger partial charge in [0.1, 0.15) is 0 Å². The lowest BCUT2D eigenvalue weighted by Crippen LogP contribution is -2.00. The number of benzene rings is 1. The number of hydrogen-bond donors (Lipinski definition) is 0. The molecular formula is C15H14N4S. The maximum absolute atomic E-state index is 4.64. The van der Waals surface area contributed by atoms with E-state index < -0.39 is 0 Å². The lowest BCUT2D eigenvalue weighted by atomic mass is 10.1. The fourth-order valence-corrected chi connectivity index (χ4v) is 2.37. The summed E-state index contributed by atoms with van der Waals surface area (Å²) in [5.74, 6) is 0.787. The fraction of sp³-hybridized carbons (Fsp3) is 0.133. The van der Waals surface area contributed by atoms with Gasteiger partial charge in [-0.1, -0.05) is 42.1 Å². The van der Waals surface area contributed by atoms with Gasteiger partial charge in [0.05, 0.1) is 5.69 Å². The van der Waals surface area contributed by atoms with E-state index in [1.807, 2.05) is 36.7 Å². The van der Waals surface area contributed by atoms with Crippen molar-refractivity contribution in [3.05, 3.63) is 54.4 Å². The van der Waals surface area contributed by atoms with Crippen molar-refractivity contribution >= 4 is 11.8 Å². The molecule has 0 bridgehead atoms. The Morgan fingerprint density at radius 2 is 1.90 bits per heavy atom. The molecule has 3 rings (SSSR count). The number of aromatic nitrogens is 4. The monoisotopic (exact) mass is 282 g/mol. The first-order valence-corrected chi connectivity index (χ1v) is 7.49. The van der Waals surface area contributed by atoms with Gasteiger partial charge in [0.2, 0.25) is 0 Å². The molecule has 0 aliphatic carbocycles. The molecule has 0 aliphatic rings. The van der Waals surface area contributed by atoms with Gasteiger partial charge in [0, 0.05) is 24.0 Å². The van der Waals surface area contributed by atoms with Crippen LogP contribution in [-0.2, 0) is 0 Å². The Balaban J connectivity index is 2.04. The van der Waals surface area contributed by atoms with E-state index in [9.17, 15) is 0 Å². The standard InChI is InChI=1S/C15H14N4S/c1-11-10-19(13-8-9-16-15(17-13)20-2)18-14(11)12-6-4-3-5-7-12/h3-10H,1-2H3. The molecule has 0 N–H and O–H groups in total. The molecule has 2 aromatic heterocycles. The van der Waals surface area contributed by atoms with Crippen LogP contribution >= 0.6 is 11.8 Å². The Morgan fingerprint density at radius 3 is 2.65 bits per heavy atom. The van der Waals surface area contributed by atoms with E-state index in [-0.39, 0.29) is 0 Å². The van der Waals surface area contributed by atoms with Gasteiger partial charge in [0.25, 0.3) is 0 Å². The SMILES string of the molecule is CSc1nccc(-n2cc(C)c(-c3ccccc3)n2)n1. The second kappa shape index (κ2) is 5.46. The van der Waals surface area contributed by atoms with Gasteiger partial charge in [-0.2, -0.15) is 5.10 Å². The van der Waals surface area contributed by atoms with Gasteiger partial charge in [-0.05, 0) is 18.7 Å². The summed E-state index contributed by atoms with van der Waals surface area (Å²) in [6.45, 7) is 2.06. The van der Waals surface area contributed by atoms with Crippen LogP contribution in [-0.4, -0.2) is 26.0 Å². The molecular weight excluding hydrogens is 268 g/mol. The zero-order chi connectivity index (χ0) is 13.9. The van der Waals surface area contributed by atoms with Gasteiger partial charge in [-0.15, -0.1) is 0 Å². The fourth-order valence-electron chi connectivity index (χ4n) is 2.02. The van der Waals surface area contributed by atoms with E-state index >= 15 is 0 Å². The van der Waals surface area contributed by atoms with E-state index in [1.54, 1.807) is 10.9 Å². The van der Waals surface area contributed by atoms with Crippen molar-refractivity contribution < 1.29 is 0 Å². The Bertz CT molecular complexity index is 722. The highest BCUT2D eigenvalue weighted by atomic mass is 32.2. The van der Waals surface area contributed by atoms with Crippen LogP contribution in [0.15, 0.2) is 53.9 Å². The molecule has 100 valence electrons. The molecule has 0 aliphatic heterocycles. The first-order chi connectivity index (χ1) is 9.78. The van der Waals surface area contributed by atoms with Gasteiger partial charge in [0.15, 0.2) is 11.0 Å². The molecule has 3 aromatic rings. The molecule has 0 saturated heterocycles. The van der Waals surface area contributed by atoms with E-state index in [2.05, 4.69) is 34.1 Å².